The summed E-state index contributed by atoms with van der Waals surface area (Å²) in [6, 6.07) is 7.02. The van der Waals surface area contributed by atoms with Gasteiger partial charge in [-0.25, -0.2) is 0 Å². The van der Waals surface area contributed by atoms with E-state index in [0.29, 0.717) is 0 Å². The number of unbranched alkanes of at least 4 members (excludes halogenated alkanes) is 2. The molecule has 0 fully saturated rings. The van der Waals surface area contributed by atoms with Gasteiger partial charge in [0.1, 0.15) is 0 Å². The molecule has 0 amide bonds. The van der Waals surface area contributed by atoms with Gasteiger partial charge in [-0.05, 0) is 49.7 Å². The Bertz CT molecular complexity index is 373. The van der Waals surface area contributed by atoms with Crippen molar-refractivity contribution in [3.05, 3.63) is 34.9 Å². The summed E-state index contributed by atoms with van der Waals surface area (Å²) in [5.41, 5.74) is 4.49. The highest BCUT2D eigenvalue weighted by molar-refractivity contribution is 5.33. The van der Waals surface area contributed by atoms with Gasteiger partial charge in [-0.15, -0.1) is 0 Å². The Morgan fingerprint density at radius 1 is 1.22 bits per heavy atom. The lowest BCUT2D eigenvalue weighted by molar-refractivity contribution is 0.318. The molecule has 1 heterocycles. The molecule has 0 atom stereocenters. The Kier molecular flexibility index (Phi) is 5.21. The predicted molar refractivity (Wildman–Crippen MR) is 77.7 cm³/mol. The molecule has 2 nitrogen and oxygen atoms in total. The van der Waals surface area contributed by atoms with E-state index >= 15 is 0 Å². The summed E-state index contributed by atoms with van der Waals surface area (Å²) in [7, 11) is 2.23. The molecule has 1 aromatic rings. The summed E-state index contributed by atoms with van der Waals surface area (Å²) in [6.45, 7) is 6.72. The van der Waals surface area contributed by atoms with E-state index in [1.165, 1.54) is 48.9 Å². The number of nitrogens with one attached hydrogen (secondary N) is 1. The van der Waals surface area contributed by atoms with Gasteiger partial charge in [0.25, 0.3) is 0 Å². The first kappa shape index (κ1) is 13.6. The minimum absolute atomic E-state index is 1.04. The third-order valence-electron chi connectivity index (χ3n) is 3.75. The molecule has 1 aliphatic rings. The molecule has 2 heteroatoms. The lowest BCUT2D eigenvalue weighted by Gasteiger charge is -2.20. The van der Waals surface area contributed by atoms with Crippen molar-refractivity contribution in [3.8, 4) is 0 Å². The molecular formula is C16H26N2. The fourth-order valence-electron chi connectivity index (χ4n) is 2.65. The molecule has 2 rings (SSSR count). The van der Waals surface area contributed by atoms with Crippen LogP contribution in [0.15, 0.2) is 18.2 Å². The Morgan fingerprint density at radius 2 is 2.11 bits per heavy atom. The molecule has 1 aromatic carbocycles. The van der Waals surface area contributed by atoms with E-state index < -0.39 is 0 Å². The summed E-state index contributed by atoms with van der Waals surface area (Å²) in [6.07, 6.45) is 5.15. The van der Waals surface area contributed by atoms with Crippen molar-refractivity contribution in [3.63, 3.8) is 0 Å². The Balaban J connectivity index is 1.89. The average Bonchev–Trinajstić information content (AvgIpc) is 2.39. The van der Waals surface area contributed by atoms with Crippen LogP contribution < -0.4 is 5.32 Å². The molecule has 0 spiro atoms. The number of benzene rings is 1. The second-order valence-corrected chi connectivity index (χ2v) is 5.47. The molecule has 0 saturated heterocycles. The fraction of sp³-hybridized carbons (Fsp3) is 0.625. The Morgan fingerprint density at radius 3 is 2.94 bits per heavy atom. The maximum Gasteiger partial charge on any atom is 0.0230 e. The van der Waals surface area contributed by atoms with Crippen molar-refractivity contribution < 1.29 is 0 Å². The fourth-order valence-corrected chi connectivity index (χ4v) is 2.65. The molecule has 0 aliphatic carbocycles. The molecule has 100 valence electrons. The van der Waals surface area contributed by atoms with Gasteiger partial charge in [-0.3, -0.25) is 0 Å². The molecule has 0 aromatic heterocycles. The van der Waals surface area contributed by atoms with Crippen molar-refractivity contribution in [2.75, 3.05) is 20.1 Å². The smallest absolute Gasteiger partial charge is 0.0230 e. The highest BCUT2D eigenvalue weighted by Crippen LogP contribution is 2.16. The van der Waals surface area contributed by atoms with Gasteiger partial charge in [0.05, 0.1) is 0 Å². The number of hydrogen-bond donors (Lipinski definition) is 1. The number of hydrogen-bond acceptors (Lipinski definition) is 2. The Labute approximate surface area is 111 Å². The summed E-state index contributed by atoms with van der Waals surface area (Å²) in [5, 5.41) is 3.45. The van der Waals surface area contributed by atoms with E-state index in [9.17, 15) is 0 Å². The standard InChI is InChI=1S/C16H26N2/c1-3-4-5-10-18(2)13-14-6-7-15-8-9-17-12-16(15)11-14/h6-7,11,17H,3-5,8-10,12-13H2,1-2H3. The second kappa shape index (κ2) is 6.91. The van der Waals surface area contributed by atoms with E-state index in [2.05, 4.69) is 42.4 Å². The van der Waals surface area contributed by atoms with Crippen molar-refractivity contribution in [1.82, 2.24) is 10.2 Å². The third-order valence-corrected chi connectivity index (χ3v) is 3.75. The van der Waals surface area contributed by atoms with Gasteiger partial charge in [0, 0.05) is 13.1 Å². The van der Waals surface area contributed by atoms with Crippen LogP contribution in [0.3, 0.4) is 0 Å². The number of rotatable bonds is 6. The van der Waals surface area contributed by atoms with Crippen LogP contribution in [-0.2, 0) is 19.5 Å². The minimum atomic E-state index is 1.04. The normalized spacial score (nSPS) is 14.8. The molecule has 0 unspecified atom stereocenters. The van der Waals surface area contributed by atoms with Crippen LogP contribution in [0.1, 0.15) is 42.9 Å². The quantitative estimate of drug-likeness (QED) is 0.776. The van der Waals surface area contributed by atoms with E-state index in [1.807, 2.05) is 0 Å². The number of nitrogens with zero attached hydrogens (tertiary/aromatic N) is 1. The largest absolute Gasteiger partial charge is 0.312 e. The van der Waals surface area contributed by atoms with Gasteiger partial charge in [0.15, 0.2) is 0 Å². The molecule has 18 heavy (non-hydrogen) atoms. The Hall–Kier alpha value is -0.860. The molecule has 0 saturated carbocycles. The van der Waals surface area contributed by atoms with Gasteiger partial charge in [-0.1, -0.05) is 38.0 Å². The third kappa shape index (κ3) is 3.82. The van der Waals surface area contributed by atoms with Crippen LogP contribution >= 0.6 is 0 Å². The lowest BCUT2D eigenvalue weighted by Crippen LogP contribution is -2.24. The highest BCUT2D eigenvalue weighted by Gasteiger charge is 2.09. The zero-order valence-corrected chi connectivity index (χ0v) is 11.8. The zero-order valence-electron chi connectivity index (χ0n) is 11.8. The van der Waals surface area contributed by atoms with Crippen LogP contribution in [0, 0.1) is 0 Å². The maximum absolute atomic E-state index is 3.45. The maximum atomic E-state index is 3.45. The van der Waals surface area contributed by atoms with E-state index in [1.54, 1.807) is 0 Å². The average molecular weight is 246 g/mol. The van der Waals surface area contributed by atoms with Gasteiger partial charge in [0.2, 0.25) is 0 Å². The molecule has 1 N–H and O–H groups in total. The van der Waals surface area contributed by atoms with Gasteiger partial charge in [-0.2, -0.15) is 0 Å². The first-order valence-corrected chi connectivity index (χ1v) is 7.29. The van der Waals surface area contributed by atoms with Crippen LogP contribution in [0.4, 0.5) is 0 Å². The summed E-state index contributed by atoms with van der Waals surface area (Å²) >= 11 is 0. The van der Waals surface area contributed by atoms with E-state index in [-0.39, 0.29) is 0 Å². The second-order valence-electron chi connectivity index (χ2n) is 5.47. The van der Waals surface area contributed by atoms with Crippen molar-refractivity contribution in [2.45, 2.75) is 45.7 Å². The van der Waals surface area contributed by atoms with E-state index in [0.717, 1.165) is 19.6 Å². The van der Waals surface area contributed by atoms with Crippen LogP contribution in [0.2, 0.25) is 0 Å². The van der Waals surface area contributed by atoms with Crippen LogP contribution in [0.5, 0.6) is 0 Å². The van der Waals surface area contributed by atoms with Gasteiger partial charge >= 0.3 is 0 Å². The predicted octanol–water partition coefficient (Wildman–Crippen LogP) is 2.95. The summed E-state index contributed by atoms with van der Waals surface area (Å²) in [5.74, 6) is 0. The first-order chi connectivity index (χ1) is 8.79. The van der Waals surface area contributed by atoms with Gasteiger partial charge < -0.3 is 10.2 Å². The lowest BCUT2D eigenvalue weighted by atomic mass is 9.98. The molecule has 0 radical (unpaired) electrons. The molecule has 1 aliphatic heterocycles. The van der Waals surface area contributed by atoms with Crippen molar-refractivity contribution in [2.24, 2.45) is 0 Å². The molecule has 0 bridgehead atoms. The SMILES string of the molecule is CCCCCN(C)Cc1ccc2c(c1)CNCC2. The first-order valence-electron chi connectivity index (χ1n) is 7.29. The van der Waals surface area contributed by atoms with Crippen molar-refractivity contribution >= 4 is 0 Å². The zero-order chi connectivity index (χ0) is 12.8. The molecular weight excluding hydrogens is 220 g/mol. The monoisotopic (exact) mass is 246 g/mol. The van der Waals surface area contributed by atoms with Crippen molar-refractivity contribution in [1.29, 1.82) is 0 Å². The summed E-state index contributed by atoms with van der Waals surface area (Å²) in [4.78, 5) is 2.44. The number of fused-ring (bicyclic) bond motifs is 1. The van der Waals surface area contributed by atoms with E-state index in [4.69, 9.17) is 0 Å². The topological polar surface area (TPSA) is 15.3 Å². The highest BCUT2D eigenvalue weighted by atomic mass is 15.1. The summed E-state index contributed by atoms with van der Waals surface area (Å²) < 4.78 is 0. The van der Waals surface area contributed by atoms with Crippen LogP contribution in [0.25, 0.3) is 0 Å². The minimum Gasteiger partial charge on any atom is -0.312 e. The van der Waals surface area contributed by atoms with Crippen LogP contribution in [-0.4, -0.2) is 25.0 Å².